The van der Waals surface area contributed by atoms with Crippen molar-refractivity contribution in [1.29, 1.82) is 0 Å². The fraction of sp³-hybridized carbons (Fsp3) is 0.294. The van der Waals surface area contributed by atoms with Crippen molar-refractivity contribution in [2.75, 3.05) is 26.7 Å². The summed E-state index contributed by atoms with van der Waals surface area (Å²) in [5.74, 6) is 1.17. The van der Waals surface area contributed by atoms with Gasteiger partial charge in [-0.2, -0.15) is 4.98 Å². The highest BCUT2D eigenvalue weighted by Gasteiger charge is 2.24. The van der Waals surface area contributed by atoms with Gasteiger partial charge in [0, 0.05) is 25.7 Å². The molecule has 0 amide bonds. The van der Waals surface area contributed by atoms with Crippen molar-refractivity contribution in [3.63, 3.8) is 0 Å². The van der Waals surface area contributed by atoms with Gasteiger partial charge in [-0.05, 0) is 25.3 Å². The van der Waals surface area contributed by atoms with Gasteiger partial charge >= 0.3 is 0 Å². The Balaban J connectivity index is 1.53. The maximum absolute atomic E-state index is 5.32. The lowest BCUT2D eigenvalue weighted by Crippen LogP contribution is -2.44. The summed E-state index contributed by atoms with van der Waals surface area (Å²) in [6.45, 7) is 2.78. The number of nitrogens with one attached hydrogen (secondary N) is 1. The van der Waals surface area contributed by atoms with Crippen molar-refractivity contribution in [3.05, 3.63) is 47.9 Å². The van der Waals surface area contributed by atoms with E-state index < -0.39 is 0 Å². The van der Waals surface area contributed by atoms with E-state index in [0.717, 1.165) is 36.4 Å². The van der Waals surface area contributed by atoms with Crippen LogP contribution in [0.3, 0.4) is 0 Å². The number of fused-ring (bicyclic) bond motifs is 1. The van der Waals surface area contributed by atoms with Crippen LogP contribution >= 0.6 is 0 Å². The fourth-order valence-corrected chi connectivity index (χ4v) is 2.75. The van der Waals surface area contributed by atoms with Crippen LogP contribution in [0.2, 0.25) is 0 Å². The monoisotopic (exact) mass is 322 g/mol. The third kappa shape index (κ3) is 3.04. The molecule has 24 heavy (non-hydrogen) atoms. The molecule has 4 rings (SSSR count). The number of para-hydroxylation sites is 2. The van der Waals surface area contributed by atoms with Gasteiger partial charge in [0.15, 0.2) is 5.82 Å². The van der Waals surface area contributed by atoms with Gasteiger partial charge < -0.3 is 9.84 Å². The van der Waals surface area contributed by atoms with Gasteiger partial charge in [-0.15, -0.1) is 0 Å². The first-order chi connectivity index (χ1) is 11.8. The molecule has 7 heteroatoms. The molecular formula is C17H18N6O. The van der Waals surface area contributed by atoms with Crippen LogP contribution in [0.1, 0.15) is 23.5 Å². The molecule has 3 heterocycles. The van der Waals surface area contributed by atoms with Crippen molar-refractivity contribution in [2.24, 2.45) is 0 Å². The van der Waals surface area contributed by atoms with Crippen LogP contribution in [-0.2, 0) is 0 Å². The molecule has 1 N–H and O–H groups in total. The Hall–Kier alpha value is -2.64. The third-order valence-electron chi connectivity index (χ3n) is 4.13. The zero-order chi connectivity index (χ0) is 16.4. The molecule has 1 aliphatic rings. The minimum atomic E-state index is 0.144. The van der Waals surface area contributed by atoms with Crippen molar-refractivity contribution >= 4 is 23.2 Å². The van der Waals surface area contributed by atoms with Crippen molar-refractivity contribution in [2.45, 2.75) is 6.04 Å². The van der Waals surface area contributed by atoms with Crippen molar-refractivity contribution in [3.8, 4) is 0 Å². The summed E-state index contributed by atoms with van der Waals surface area (Å²) in [4.78, 5) is 15.6. The molecular weight excluding hydrogens is 304 g/mol. The second-order valence-electron chi connectivity index (χ2n) is 5.81. The van der Waals surface area contributed by atoms with Crippen LogP contribution in [0, 0.1) is 0 Å². The second-order valence-corrected chi connectivity index (χ2v) is 5.81. The van der Waals surface area contributed by atoms with E-state index in [1.165, 1.54) is 0 Å². The average molecular weight is 322 g/mol. The van der Waals surface area contributed by atoms with Crippen LogP contribution in [0.25, 0.3) is 23.2 Å². The van der Waals surface area contributed by atoms with E-state index in [-0.39, 0.29) is 6.04 Å². The average Bonchev–Trinajstić information content (AvgIpc) is 3.09. The highest BCUT2D eigenvalue weighted by atomic mass is 16.5. The number of nitrogens with zero attached hydrogens (tertiary/aromatic N) is 5. The van der Waals surface area contributed by atoms with E-state index in [1.54, 1.807) is 12.3 Å². The van der Waals surface area contributed by atoms with Crippen LogP contribution in [0.5, 0.6) is 0 Å². The van der Waals surface area contributed by atoms with E-state index in [0.29, 0.717) is 11.7 Å². The molecule has 1 unspecified atom stereocenters. The standard InChI is InChI=1S/C17H18N6O/c1-23-9-8-18-11-15(23)17-21-16(24-22-17)7-6-12-10-19-13-4-2-3-5-14(13)20-12/h2-7,10,15,18H,8-9,11H2,1H3/b7-6+. The molecule has 1 fully saturated rings. The first-order valence-corrected chi connectivity index (χ1v) is 7.94. The molecule has 1 atom stereocenters. The Bertz CT molecular complexity index is 874. The first-order valence-electron chi connectivity index (χ1n) is 7.94. The predicted octanol–water partition coefficient (Wildman–Crippen LogP) is 1.76. The van der Waals surface area contributed by atoms with Gasteiger partial charge in [0.1, 0.15) is 0 Å². The van der Waals surface area contributed by atoms with Crippen molar-refractivity contribution < 1.29 is 4.52 Å². The summed E-state index contributed by atoms with van der Waals surface area (Å²) < 4.78 is 5.32. The van der Waals surface area contributed by atoms with Crippen molar-refractivity contribution in [1.82, 2.24) is 30.3 Å². The second kappa shape index (κ2) is 6.46. The minimum absolute atomic E-state index is 0.144. The Morgan fingerprint density at radius 3 is 2.96 bits per heavy atom. The maximum atomic E-state index is 5.32. The van der Waals surface area contributed by atoms with E-state index >= 15 is 0 Å². The zero-order valence-electron chi connectivity index (χ0n) is 13.4. The number of likely N-dealkylation sites (N-methyl/N-ethyl adjacent to an activating group) is 1. The van der Waals surface area contributed by atoms with E-state index in [1.807, 2.05) is 30.3 Å². The fourth-order valence-electron chi connectivity index (χ4n) is 2.75. The molecule has 1 aromatic carbocycles. The van der Waals surface area contributed by atoms with Gasteiger partial charge in [0.25, 0.3) is 5.89 Å². The molecule has 7 nitrogen and oxygen atoms in total. The predicted molar refractivity (Wildman–Crippen MR) is 91.0 cm³/mol. The van der Waals surface area contributed by atoms with E-state index in [4.69, 9.17) is 4.52 Å². The molecule has 1 aliphatic heterocycles. The molecule has 0 bridgehead atoms. The number of rotatable bonds is 3. The van der Waals surface area contributed by atoms with Gasteiger partial charge in [0.2, 0.25) is 0 Å². The smallest absolute Gasteiger partial charge is 0.250 e. The summed E-state index contributed by atoms with van der Waals surface area (Å²) in [7, 11) is 2.07. The van der Waals surface area contributed by atoms with Crippen LogP contribution in [-0.4, -0.2) is 51.7 Å². The Morgan fingerprint density at radius 2 is 2.08 bits per heavy atom. The Labute approximate surface area is 139 Å². The molecule has 0 spiro atoms. The normalized spacial score (nSPS) is 19.3. The molecule has 0 radical (unpaired) electrons. The SMILES string of the molecule is CN1CCNCC1c1noc(/C=C/c2cnc3ccccc3n2)n1. The van der Waals surface area contributed by atoms with Gasteiger partial charge in [-0.3, -0.25) is 9.88 Å². The lowest BCUT2D eigenvalue weighted by atomic mass is 10.2. The summed E-state index contributed by atoms with van der Waals surface area (Å²) in [6, 6.07) is 7.92. The number of aromatic nitrogens is 4. The summed E-state index contributed by atoms with van der Waals surface area (Å²) >= 11 is 0. The minimum Gasteiger partial charge on any atom is -0.335 e. The highest BCUT2D eigenvalue weighted by molar-refractivity contribution is 5.76. The quantitative estimate of drug-likeness (QED) is 0.787. The topological polar surface area (TPSA) is 80.0 Å². The van der Waals surface area contributed by atoms with E-state index in [9.17, 15) is 0 Å². The Morgan fingerprint density at radius 1 is 1.21 bits per heavy atom. The molecule has 2 aromatic heterocycles. The molecule has 0 saturated carbocycles. The summed E-state index contributed by atoms with van der Waals surface area (Å²) in [6.07, 6.45) is 5.33. The number of hydrogen-bond donors (Lipinski definition) is 1. The third-order valence-corrected chi connectivity index (χ3v) is 4.13. The van der Waals surface area contributed by atoms with E-state index in [2.05, 4.69) is 37.4 Å². The number of benzene rings is 1. The summed E-state index contributed by atoms with van der Waals surface area (Å²) in [5.41, 5.74) is 2.49. The molecule has 1 saturated heterocycles. The number of hydrogen-bond acceptors (Lipinski definition) is 7. The highest BCUT2D eigenvalue weighted by Crippen LogP contribution is 2.18. The first kappa shape index (κ1) is 14.9. The molecule has 3 aromatic rings. The lowest BCUT2D eigenvalue weighted by Gasteiger charge is -2.30. The van der Waals surface area contributed by atoms with Gasteiger partial charge in [0.05, 0.1) is 29.0 Å². The Kier molecular flexibility index (Phi) is 4.02. The van der Waals surface area contributed by atoms with Crippen LogP contribution < -0.4 is 5.32 Å². The van der Waals surface area contributed by atoms with Crippen LogP contribution in [0.15, 0.2) is 35.0 Å². The molecule has 0 aliphatic carbocycles. The largest absolute Gasteiger partial charge is 0.335 e. The molecule has 122 valence electrons. The zero-order valence-corrected chi connectivity index (χ0v) is 13.4. The van der Waals surface area contributed by atoms with Gasteiger partial charge in [-0.1, -0.05) is 17.3 Å². The number of piperazine rings is 1. The maximum Gasteiger partial charge on any atom is 0.250 e. The summed E-state index contributed by atoms with van der Waals surface area (Å²) in [5, 5.41) is 7.45. The van der Waals surface area contributed by atoms with Crippen LogP contribution in [0.4, 0.5) is 0 Å². The van der Waals surface area contributed by atoms with Gasteiger partial charge in [-0.25, -0.2) is 4.98 Å². The lowest BCUT2D eigenvalue weighted by molar-refractivity contribution is 0.190.